The molecule has 2 saturated heterocycles. The molecule has 4 N–H and O–H groups in total. The molecule has 0 aliphatic carbocycles. The van der Waals surface area contributed by atoms with Gasteiger partial charge in [-0.3, -0.25) is 19.8 Å². The Morgan fingerprint density at radius 3 is 2.68 bits per heavy atom. The van der Waals surface area contributed by atoms with Crippen LogP contribution in [-0.4, -0.2) is 84.5 Å². The van der Waals surface area contributed by atoms with Crippen molar-refractivity contribution >= 4 is 12.1 Å². The van der Waals surface area contributed by atoms with E-state index in [1.807, 2.05) is 19.3 Å². The summed E-state index contributed by atoms with van der Waals surface area (Å²) < 4.78 is 18.9. The number of aliphatic imine (C=N–C) groups is 2. The predicted octanol–water partition coefficient (Wildman–Crippen LogP) is 1.15. The molecule has 182 valence electrons. The van der Waals surface area contributed by atoms with Crippen LogP contribution in [-0.2, 0) is 4.74 Å². The number of hydrogen-bond donors (Lipinski definition) is 3. The zero-order chi connectivity index (χ0) is 23.5. The number of hydrazine groups is 1. The van der Waals surface area contributed by atoms with Gasteiger partial charge in [0.25, 0.3) is 0 Å². The third kappa shape index (κ3) is 5.15. The number of amidine groups is 1. The van der Waals surface area contributed by atoms with Crippen molar-refractivity contribution in [3.05, 3.63) is 59.9 Å². The summed E-state index contributed by atoms with van der Waals surface area (Å²) in [6.45, 7) is 7.68. The molecule has 0 saturated carbocycles. The van der Waals surface area contributed by atoms with Gasteiger partial charge in [0.05, 0.1) is 19.3 Å². The maximum Gasteiger partial charge on any atom is 0.142 e. The van der Waals surface area contributed by atoms with E-state index in [0.29, 0.717) is 11.9 Å². The Bertz CT molecular complexity index is 966. The van der Waals surface area contributed by atoms with Gasteiger partial charge in [0.2, 0.25) is 0 Å². The summed E-state index contributed by atoms with van der Waals surface area (Å²) >= 11 is 0. The number of halogens is 1. The molecule has 10 heteroatoms. The van der Waals surface area contributed by atoms with E-state index in [1.54, 1.807) is 23.3 Å². The summed E-state index contributed by atoms with van der Waals surface area (Å²) in [4.78, 5) is 14.1. The van der Waals surface area contributed by atoms with Crippen LogP contribution < -0.4 is 16.5 Å². The fraction of sp³-hybridized carbons (Fsp3) is 0.500. The van der Waals surface area contributed by atoms with E-state index in [2.05, 4.69) is 31.5 Å². The summed E-state index contributed by atoms with van der Waals surface area (Å²) in [5.41, 5.74) is 0.930. The minimum absolute atomic E-state index is 0.123. The standard InChI is InChI=1S/C24H33FN8O/c1-17(18-2-4-19(25)5-3-18)33(26)24-13-20(12-22(30-24)29-23-14-27-6-7-28-23)32-15-21(16-32)31-8-10-34-11-9-31/h2-7,13-14,17,20-21,23,28H,8-12,15-16,26H2,1H3,(H,29,30)/t17-,20?,23-/m0/s1. The second-order valence-corrected chi connectivity index (χ2v) is 9.15. The molecule has 4 aliphatic rings. The van der Waals surface area contributed by atoms with Gasteiger partial charge in [0.1, 0.15) is 23.6 Å². The minimum atomic E-state index is -0.260. The van der Waals surface area contributed by atoms with Crippen LogP contribution in [0.2, 0.25) is 0 Å². The van der Waals surface area contributed by atoms with Gasteiger partial charge >= 0.3 is 0 Å². The Morgan fingerprint density at radius 2 is 1.97 bits per heavy atom. The number of benzene rings is 1. The monoisotopic (exact) mass is 468 g/mol. The van der Waals surface area contributed by atoms with Gasteiger partial charge in [-0.15, -0.1) is 0 Å². The summed E-state index contributed by atoms with van der Waals surface area (Å²) in [7, 11) is 0. The molecule has 0 amide bonds. The maximum atomic E-state index is 13.4. The Balaban J connectivity index is 1.31. The van der Waals surface area contributed by atoms with Crippen molar-refractivity contribution in [1.82, 2.24) is 25.4 Å². The molecular formula is C24H33FN8O. The molecule has 1 aromatic carbocycles. The number of nitrogens with zero attached hydrogens (tertiary/aromatic N) is 5. The van der Waals surface area contributed by atoms with Crippen LogP contribution in [0.4, 0.5) is 4.39 Å². The highest BCUT2D eigenvalue weighted by molar-refractivity contribution is 5.87. The molecule has 4 aliphatic heterocycles. The average Bonchev–Trinajstić information content (AvgIpc) is 2.84. The van der Waals surface area contributed by atoms with Crippen molar-refractivity contribution in [2.45, 2.75) is 37.6 Å². The Hall–Kier alpha value is -2.79. The van der Waals surface area contributed by atoms with Gasteiger partial charge in [-0.1, -0.05) is 12.1 Å². The molecule has 9 nitrogen and oxygen atoms in total. The highest BCUT2D eigenvalue weighted by atomic mass is 19.1. The lowest BCUT2D eigenvalue weighted by atomic mass is 9.99. The number of hydrogen-bond acceptors (Lipinski definition) is 9. The first-order valence-electron chi connectivity index (χ1n) is 11.9. The smallest absolute Gasteiger partial charge is 0.142 e. The molecule has 1 aromatic rings. The van der Waals surface area contributed by atoms with Crippen LogP contribution in [0.1, 0.15) is 24.9 Å². The van der Waals surface area contributed by atoms with Crippen LogP contribution >= 0.6 is 0 Å². The molecule has 0 bridgehead atoms. The number of morpholine rings is 1. The van der Waals surface area contributed by atoms with Crippen LogP contribution in [0.3, 0.4) is 0 Å². The highest BCUT2D eigenvalue weighted by Gasteiger charge is 2.38. The van der Waals surface area contributed by atoms with E-state index in [1.165, 1.54) is 12.1 Å². The van der Waals surface area contributed by atoms with Gasteiger partial charge in [-0.25, -0.2) is 15.2 Å². The first-order valence-corrected chi connectivity index (χ1v) is 11.9. The summed E-state index contributed by atoms with van der Waals surface area (Å²) in [5, 5.41) is 8.35. The molecule has 0 spiro atoms. The SMILES string of the molecule is C[C@@H](c1ccc(F)cc1)N(N)C1=CC(N2CC(N3CCOCC3)C2)CC(N[C@H]2C=NC=CN2)=N1. The number of likely N-dealkylation sites (tertiary alicyclic amines) is 1. The van der Waals surface area contributed by atoms with Crippen LogP contribution in [0.5, 0.6) is 0 Å². The second kappa shape index (κ2) is 10.2. The first kappa shape index (κ1) is 23.0. The fourth-order valence-corrected chi connectivity index (χ4v) is 4.78. The van der Waals surface area contributed by atoms with Crippen LogP contribution in [0.15, 0.2) is 58.5 Å². The molecule has 1 unspecified atom stereocenters. The fourth-order valence-electron chi connectivity index (χ4n) is 4.78. The van der Waals surface area contributed by atoms with Crippen molar-refractivity contribution in [3.8, 4) is 0 Å². The Labute approximate surface area is 199 Å². The molecule has 0 aromatic heterocycles. The molecular weight excluding hydrogens is 435 g/mol. The predicted molar refractivity (Wildman–Crippen MR) is 130 cm³/mol. The molecule has 2 fully saturated rings. The minimum Gasteiger partial charge on any atom is -0.379 e. The lowest BCUT2D eigenvalue weighted by molar-refractivity contribution is -0.0393. The molecule has 0 radical (unpaired) electrons. The van der Waals surface area contributed by atoms with E-state index in [9.17, 15) is 4.39 Å². The third-order valence-electron chi connectivity index (χ3n) is 6.94. The normalized spacial score (nSPS) is 26.8. The van der Waals surface area contributed by atoms with E-state index < -0.39 is 0 Å². The quantitative estimate of drug-likeness (QED) is 0.426. The Morgan fingerprint density at radius 1 is 1.21 bits per heavy atom. The number of nitrogens with one attached hydrogen (secondary N) is 2. The third-order valence-corrected chi connectivity index (χ3v) is 6.94. The first-order chi connectivity index (χ1) is 16.6. The van der Waals surface area contributed by atoms with Crippen molar-refractivity contribution in [3.63, 3.8) is 0 Å². The van der Waals surface area contributed by atoms with E-state index >= 15 is 0 Å². The van der Waals surface area contributed by atoms with Crippen LogP contribution in [0, 0.1) is 5.82 Å². The average molecular weight is 469 g/mol. The van der Waals surface area contributed by atoms with Gasteiger partial charge in [-0.05, 0) is 30.7 Å². The number of rotatable bonds is 6. The van der Waals surface area contributed by atoms with Gasteiger partial charge in [0, 0.05) is 63.3 Å². The largest absolute Gasteiger partial charge is 0.379 e. The topological polar surface area (TPSA) is 93.8 Å². The zero-order valence-electron chi connectivity index (χ0n) is 19.5. The molecule has 3 atom stereocenters. The van der Waals surface area contributed by atoms with Gasteiger partial charge in [-0.2, -0.15) is 0 Å². The number of nitrogens with two attached hydrogens (primary N) is 1. The lowest BCUT2D eigenvalue weighted by Gasteiger charge is -2.50. The molecule has 34 heavy (non-hydrogen) atoms. The maximum absolute atomic E-state index is 13.4. The summed E-state index contributed by atoms with van der Waals surface area (Å²) in [6.07, 6.45) is 8.14. The van der Waals surface area contributed by atoms with Gasteiger partial charge < -0.3 is 15.4 Å². The summed E-state index contributed by atoms with van der Waals surface area (Å²) in [5.74, 6) is 7.87. The highest BCUT2D eigenvalue weighted by Crippen LogP contribution is 2.28. The van der Waals surface area contributed by atoms with E-state index in [-0.39, 0.29) is 24.1 Å². The molecule has 4 heterocycles. The van der Waals surface area contributed by atoms with Crippen molar-refractivity contribution in [1.29, 1.82) is 0 Å². The number of ether oxygens (including phenoxy) is 1. The second-order valence-electron chi connectivity index (χ2n) is 9.15. The van der Waals surface area contributed by atoms with E-state index in [4.69, 9.17) is 15.6 Å². The molecule has 5 rings (SSSR count). The van der Waals surface area contributed by atoms with Crippen molar-refractivity contribution in [2.24, 2.45) is 15.8 Å². The van der Waals surface area contributed by atoms with E-state index in [0.717, 1.165) is 57.2 Å². The summed E-state index contributed by atoms with van der Waals surface area (Å²) in [6, 6.07) is 7.05. The Kier molecular flexibility index (Phi) is 6.91. The van der Waals surface area contributed by atoms with Gasteiger partial charge in [0.15, 0.2) is 0 Å². The van der Waals surface area contributed by atoms with Crippen LogP contribution in [0.25, 0.3) is 0 Å². The zero-order valence-corrected chi connectivity index (χ0v) is 19.5. The van der Waals surface area contributed by atoms with Crippen molar-refractivity contribution in [2.75, 3.05) is 39.4 Å². The van der Waals surface area contributed by atoms with Crippen molar-refractivity contribution < 1.29 is 9.13 Å². The lowest BCUT2D eigenvalue weighted by Crippen LogP contribution is -2.64.